The molecule has 0 aromatic heterocycles. The van der Waals surface area contributed by atoms with E-state index >= 15 is 0 Å². The van der Waals surface area contributed by atoms with Gasteiger partial charge in [0.1, 0.15) is 0 Å². The van der Waals surface area contributed by atoms with E-state index < -0.39 is 0 Å². The fourth-order valence-corrected chi connectivity index (χ4v) is 2.41. The topological polar surface area (TPSA) is 28.1 Å². The molecule has 1 aliphatic rings. The van der Waals surface area contributed by atoms with Crippen molar-refractivity contribution < 1.29 is 0 Å². The van der Waals surface area contributed by atoms with Gasteiger partial charge in [-0.15, -0.1) is 0 Å². The minimum absolute atomic E-state index is 0.160. The lowest BCUT2D eigenvalue weighted by atomic mass is 10.0. The second-order valence-electron chi connectivity index (χ2n) is 4.04. The number of benzene rings is 2. The van der Waals surface area contributed by atoms with Crippen LogP contribution >= 0.6 is 0 Å². The summed E-state index contributed by atoms with van der Waals surface area (Å²) in [5, 5.41) is 9.12. The predicted molar refractivity (Wildman–Crippen MR) is 81.5 cm³/mol. The molecule has 2 aromatic rings. The molecule has 0 unspecified atom stereocenters. The van der Waals surface area contributed by atoms with Gasteiger partial charge in [0, 0.05) is 5.57 Å². The molecule has 0 saturated carbocycles. The number of hydrogen-bond acceptors (Lipinski definition) is 1. The number of nitriles is 1. The van der Waals surface area contributed by atoms with Crippen LogP contribution < -0.4 is 0 Å². The maximum absolute atomic E-state index is 9.12. The van der Waals surface area contributed by atoms with E-state index in [1.165, 1.54) is 0 Å². The van der Waals surface area contributed by atoms with Gasteiger partial charge in [-0.3, -0.25) is 0 Å². The zero-order valence-corrected chi connectivity index (χ0v) is 11.5. The number of nitrogens with zero attached hydrogens (tertiary/aromatic N) is 2. The average molecular weight is 258 g/mol. The van der Waals surface area contributed by atoms with Crippen molar-refractivity contribution in [2.45, 2.75) is 13.8 Å². The van der Waals surface area contributed by atoms with Crippen LogP contribution in [0.5, 0.6) is 0 Å². The number of hydrogen-bond donors (Lipinski definition) is 0. The highest BCUT2D eigenvalue weighted by atomic mass is 14.7. The molecule has 0 saturated heterocycles. The normalized spacial score (nSPS) is 10.3. The molecule has 20 heavy (non-hydrogen) atoms. The van der Waals surface area contributed by atoms with Crippen LogP contribution in [0.3, 0.4) is 0 Å². The lowest BCUT2D eigenvalue weighted by Crippen LogP contribution is -1.85. The van der Waals surface area contributed by atoms with E-state index in [0.29, 0.717) is 0 Å². The van der Waals surface area contributed by atoms with Crippen LogP contribution in [-0.2, 0) is 0 Å². The monoisotopic (exact) mass is 258 g/mol. The van der Waals surface area contributed by atoms with Gasteiger partial charge in [0.2, 0.25) is 0 Å². The van der Waals surface area contributed by atoms with E-state index in [4.69, 9.17) is 11.8 Å². The first-order valence-corrected chi connectivity index (χ1v) is 6.58. The maximum atomic E-state index is 9.12. The molecule has 0 aliphatic heterocycles. The summed E-state index contributed by atoms with van der Waals surface area (Å²) in [7, 11) is 0. The fraction of sp³-hybridized carbons (Fsp3) is 0.111. The van der Waals surface area contributed by atoms with E-state index in [1.807, 2.05) is 68.4 Å². The Morgan fingerprint density at radius 2 is 1.30 bits per heavy atom. The van der Waals surface area contributed by atoms with Crippen LogP contribution in [0, 0.1) is 17.9 Å². The summed E-state index contributed by atoms with van der Waals surface area (Å²) in [4.78, 5) is 3.35. The molecule has 0 atom stereocenters. The van der Waals surface area contributed by atoms with Gasteiger partial charge in [-0.05, 0) is 22.3 Å². The number of rotatable bonds is 0. The van der Waals surface area contributed by atoms with Crippen molar-refractivity contribution in [2.24, 2.45) is 0 Å². The summed E-state index contributed by atoms with van der Waals surface area (Å²) in [5.41, 5.74) is 5.07. The molecular weight excluding hydrogens is 244 g/mol. The second kappa shape index (κ2) is 5.87. The Kier molecular flexibility index (Phi) is 3.99. The molecule has 0 fully saturated rings. The van der Waals surface area contributed by atoms with E-state index in [2.05, 4.69) is 4.85 Å². The van der Waals surface area contributed by atoms with Crippen LogP contribution in [-0.4, -0.2) is 0 Å². The standard InChI is InChI=1S/C16H8N2.C2H6/c1-18-15(10-17)16-13-8-4-2-6-11(13)12-7-3-5-9-14(12)16;1-2/h2-9H;1-2H3. The van der Waals surface area contributed by atoms with Gasteiger partial charge in [-0.25, -0.2) is 10.1 Å². The third kappa shape index (κ3) is 1.98. The fourth-order valence-electron chi connectivity index (χ4n) is 2.41. The zero-order chi connectivity index (χ0) is 14.5. The Bertz CT molecular complexity index is 692. The first-order valence-electron chi connectivity index (χ1n) is 6.58. The van der Waals surface area contributed by atoms with Gasteiger partial charge < -0.3 is 0 Å². The first-order chi connectivity index (χ1) is 9.86. The minimum Gasteiger partial charge on any atom is -0.226 e. The lowest BCUT2D eigenvalue weighted by molar-refractivity contribution is 1.49. The van der Waals surface area contributed by atoms with E-state index in [9.17, 15) is 0 Å². The molecule has 1 aliphatic carbocycles. The summed E-state index contributed by atoms with van der Waals surface area (Å²) < 4.78 is 0. The molecule has 2 aromatic carbocycles. The van der Waals surface area contributed by atoms with Crippen molar-refractivity contribution in [3.05, 3.63) is 76.8 Å². The first kappa shape index (κ1) is 13.6. The molecule has 0 radical (unpaired) electrons. The molecular formula is C18H14N2. The van der Waals surface area contributed by atoms with E-state index in [-0.39, 0.29) is 5.70 Å². The van der Waals surface area contributed by atoms with Crippen molar-refractivity contribution in [2.75, 3.05) is 0 Å². The molecule has 0 amide bonds. The summed E-state index contributed by atoms with van der Waals surface area (Å²) >= 11 is 0. The Hall–Kier alpha value is -2.84. The van der Waals surface area contributed by atoms with Crippen LogP contribution in [0.2, 0.25) is 0 Å². The lowest BCUT2D eigenvalue weighted by Gasteiger charge is -2.01. The SMILES string of the molecule is CC.[C-]#[N+]C(C#N)=C1c2ccccc2-c2ccccc21. The molecule has 96 valence electrons. The Morgan fingerprint density at radius 3 is 1.65 bits per heavy atom. The van der Waals surface area contributed by atoms with Crippen molar-refractivity contribution in [1.29, 1.82) is 5.26 Å². The molecule has 3 rings (SSSR count). The van der Waals surface area contributed by atoms with Crippen LogP contribution in [0.15, 0.2) is 54.2 Å². The van der Waals surface area contributed by atoms with E-state index in [0.717, 1.165) is 27.8 Å². The summed E-state index contributed by atoms with van der Waals surface area (Å²) in [6.45, 7) is 11.2. The Labute approximate surface area is 119 Å². The third-order valence-electron chi connectivity index (χ3n) is 3.14. The smallest absolute Gasteiger partial charge is 0.226 e. The van der Waals surface area contributed by atoms with Crippen molar-refractivity contribution in [1.82, 2.24) is 0 Å². The quantitative estimate of drug-likeness (QED) is 0.416. The highest BCUT2D eigenvalue weighted by Gasteiger charge is 2.25. The Morgan fingerprint density at radius 1 is 0.900 bits per heavy atom. The van der Waals surface area contributed by atoms with Gasteiger partial charge in [-0.1, -0.05) is 62.4 Å². The van der Waals surface area contributed by atoms with Gasteiger partial charge in [0.15, 0.2) is 0 Å². The van der Waals surface area contributed by atoms with Gasteiger partial charge in [0.25, 0.3) is 5.70 Å². The van der Waals surface area contributed by atoms with Gasteiger partial charge >= 0.3 is 0 Å². The van der Waals surface area contributed by atoms with Crippen molar-refractivity contribution in [3.63, 3.8) is 0 Å². The molecule has 0 spiro atoms. The van der Waals surface area contributed by atoms with Gasteiger partial charge in [-0.2, -0.15) is 0 Å². The molecule has 2 nitrogen and oxygen atoms in total. The van der Waals surface area contributed by atoms with Crippen LogP contribution in [0.1, 0.15) is 25.0 Å². The Balaban J connectivity index is 0.000000704. The summed E-state index contributed by atoms with van der Waals surface area (Å²) in [6, 6.07) is 17.8. The number of fused-ring (bicyclic) bond motifs is 3. The predicted octanol–water partition coefficient (Wildman–Crippen LogP) is 4.90. The molecule has 2 heteroatoms. The average Bonchev–Trinajstić information content (AvgIpc) is 2.86. The molecule has 0 bridgehead atoms. The highest BCUT2D eigenvalue weighted by Crippen LogP contribution is 2.45. The molecule has 0 N–H and O–H groups in total. The highest BCUT2D eigenvalue weighted by molar-refractivity contribution is 6.03. The minimum atomic E-state index is 0.160. The van der Waals surface area contributed by atoms with Crippen molar-refractivity contribution >= 4 is 5.57 Å². The van der Waals surface area contributed by atoms with Crippen LogP contribution in [0.25, 0.3) is 21.5 Å². The second-order valence-corrected chi connectivity index (χ2v) is 4.04. The summed E-state index contributed by atoms with van der Waals surface area (Å²) in [6.07, 6.45) is 0. The van der Waals surface area contributed by atoms with E-state index in [1.54, 1.807) is 0 Å². The maximum Gasteiger partial charge on any atom is 0.270 e. The van der Waals surface area contributed by atoms with Crippen molar-refractivity contribution in [3.8, 4) is 17.2 Å². The van der Waals surface area contributed by atoms with Crippen LogP contribution in [0.4, 0.5) is 0 Å². The molecule has 0 heterocycles. The third-order valence-corrected chi connectivity index (χ3v) is 3.14. The largest absolute Gasteiger partial charge is 0.270 e. The summed E-state index contributed by atoms with van der Waals surface area (Å²) in [5.74, 6) is 0. The zero-order valence-electron chi connectivity index (χ0n) is 11.5. The number of allylic oxidation sites excluding steroid dienone is 1. The van der Waals surface area contributed by atoms with Gasteiger partial charge in [0.05, 0.1) is 12.6 Å².